The van der Waals surface area contributed by atoms with Crippen LogP contribution in [0.4, 0.5) is 4.39 Å². The first-order valence-corrected chi connectivity index (χ1v) is 8.72. The van der Waals surface area contributed by atoms with Crippen molar-refractivity contribution >= 4 is 25.6 Å². The van der Waals surface area contributed by atoms with E-state index in [-0.39, 0.29) is 22.4 Å². The molecule has 108 valence electrons. The molecule has 1 saturated carbocycles. The van der Waals surface area contributed by atoms with Gasteiger partial charge in [-0.2, -0.15) is 0 Å². The number of benzene rings is 1. The molecular formula is C13H13ClFNO3S. The van der Waals surface area contributed by atoms with Crippen molar-refractivity contribution in [1.82, 2.24) is 4.90 Å². The average Bonchev–Trinajstić information content (AvgIpc) is 2.99. The SMILES string of the molecule is O=C(c1ccc(S(=O)(=O)Cl)cc1F)N1CC2CCC1C2. The van der Waals surface area contributed by atoms with E-state index in [9.17, 15) is 17.6 Å². The number of rotatable bonds is 2. The Kier molecular flexibility index (Phi) is 3.25. The Balaban J connectivity index is 1.89. The summed E-state index contributed by atoms with van der Waals surface area (Å²) in [5.74, 6) is -0.692. The highest BCUT2D eigenvalue weighted by atomic mass is 35.7. The van der Waals surface area contributed by atoms with Gasteiger partial charge in [0.25, 0.3) is 15.0 Å². The van der Waals surface area contributed by atoms with Crippen molar-refractivity contribution in [3.8, 4) is 0 Å². The van der Waals surface area contributed by atoms with E-state index in [1.807, 2.05) is 0 Å². The number of nitrogens with zero attached hydrogens (tertiary/aromatic N) is 1. The predicted molar refractivity (Wildman–Crippen MR) is 71.6 cm³/mol. The number of carbonyl (C=O) groups excluding carboxylic acids is 1. The van der Waals surface area contributed by atoms with Crippen LogP contribution in [0.2, 0.25) is 0 Å². The van der Waals surface area contributed by atoms with Crippen molar-refractivity contribution in [2.24, 2.45) is 5.92 Å². The maximum Gasteiger partial charge on any atom is 0.261 e. The number of carbonyl (C=O) groups is 1. The molecule has 0 spiro atoms. The standard InChI is InChI=1S/C13H13ClFNO3S/c14-20(18,19)10-3-4-11(12(15)6-10)13(17)16-7-8-1-2-9(16)5-8/h3-4,6,8-9H,1-2,5,7H2. The van der Waals surface area contributed by atoms with Gasteiger partial charge in [-0.15, -0.1) is 0 Å². The molecule has 2 unspecified atom stereocenters. The summed E-state index contributed by atoms with van der Waals surface area (Å²) in [6.07, 6.45) is 3.08. The minimum atomic E-state index is -3.99. The Labute approximate surface area is 120 Å². The Hall–Kier alpha value is -1.14. The monoisotopic (exact) mass is 317 g/mol. The molecule has 1 aromatic rings. The number of likely N-dealkylation sites (tertiary alicyclic amines) is 1. The highest BCUT2D eigenvalue weighted by Crippen LogP contribution is 2.38. The van der Waals surface area contributed by atoms with Crippen molar-refractivity contribution in [3.05, 3.63) is 29.6 Å². The molecular weight excluding hydrogens is 305 g/mol. The van der Waals surface area contributed by atoms with Gasteiger partial charge in [0.2, 0.25) is 0 Å². The minimum absolute atomic E-state index is 0.0957. The van der Waals surface area contributed by atoms with Crippen LogP contribution in [0.3, 0.4) is 0 Å². The maximum absolute atomic E-state index is 14.0. The maximum atomic E-state index is 14.0. The molecule has 2 aliphatic rings. The van der Waals surface area contributed by atoms with Gasteiger partial charge >= 0.3 is 0 Å². The van der Waals surface area contributed by atoms with Gasteiger partial charge in [-0.3, -0.25) is 4.79 Å². The van der Waals surface area contributed by atoms with Crippen LogP contribution in [0.1, 0.15) is 29.6 Å². The molecule has 1 heterocycles. The van der Waals surface area contributed by atoms with E-state index in [1.165, 1.54) is 6.07 Å². The van der Waals surface area contributed by atoms with Crippen molar-refractivity contribution in [2.75, 3.05) is 6.54 Å². The van der Waals surface area contributed by atoms with Crippen molar-refractivity contribution in [3.63, 3.8) is 0 Å². The second-order valence-electron chi connectivity index (χ2n) is 5.37. The highest BCUT2D eigenvalue weighted by molar-refractivity contribution is 8.13. The molecule has 1 aliphatic carbocycles. The minimum Gasteiger partial charge on any atom is -0.335 e. The second kappa shape index (κ2) is 4.70. The van der Waals surface area contributed by atoms with Gasteiger partial charge in [0.1, 0.15) is 5.82 Å². The molecule has 3 rings (SSSR count). The van der Waals surface area contributed by atoms with Gasteiger partial charge in [0, 0.05) is 23.3 Å². The molecule has 0 N–H and O–H groups in total. The largest absolute Gasteiger partial charge is 0.335 e. The normalized spacial score (nSPS) is 25.2. The summed E-state index contributed by atoms with van der Waals surface area (Å²) < 4.78 is 36.2. The predicted octanol–water partition coefficient (Wildman–Crippen LogP) is 2.38. The van der Waals surface area contributed by atoms with Crippen LogP contribution < -0.4 is 0 Å². The molecule has 20 heavy (non-hydrogen) atoms. The Morgan fingerprint density at radius 3 is 2.60 bits per heavy atom. The topological polar surface area (TPSA) is 54.5 Å². The average molecular weight is 318 g/mol. The first-order chi connectivity index (χ1) is 9.36. The van der Waals surface area contributed by atoms with Crippen LogP contribution in [0, 0.1) is 11.7 Å². The zero-order valence-electron chi connectivity index (χ0n) is 10.6. The number of halogens is 2. The van der Waals surface area contributed by atoms with E-state index in [2.05, 4.69) is 0 Å². The van der Waals surface area contributed by atoms with Gasteiger partial charge in [0.15, 0.2) is 0 Å². The fourth-order valence-corrected chi connectivity index (χ4v) is 3.91. The van der Waals surface area contributed by atoms with E-state index in [4.69, 9.17) is 10.7 Å². The Bertz CT molecular complexity index is 676. The summed E-state index contributed by atoms with van der Waals surface area (Å²) in [4.78, 5) is 13.7. The lowest BCUT2D eigenvalue weighted by atomic mass is 10.1. The molecule has 1 aromatic carbocycles. The van der Waals surface area contributed by atoms with Crippen molar-refractivity contribution in [2.45, 2.75) is 30.2 Å². The van der Waals surface area contributed by atoms with Crippen LogP contribution in [-0.4, -0.2) is 31.8 Å². The summed E-state index contributed by atoms with van der Waals surface area (Å²) >= 11 is 0. The number of hydrogen-bond donors (Lipinski definition) is 0. The molecule has 0 radical (unpaired) electrons. The third-order valence-corrected chi connectivity index (χ3v) is 5.47. The number of piperidine rings is 1. The first kappa shape index (κ1) is 13.8. The van der Waals surface area contributed by atoms with Crippen LogP contribution in [0.5, 0.6) is 0 Å². The summed E-state index contributed by atoms with van der Waals surface area (Å²) in [7, 11) is 1.16. The van der Waals surface area contributed by atoms with E-state index in [0.717, 1.165) is 31.4 Å². The van der Waals surface area contributed by atoms with Gasteiger partial charge < -0.3 is 4.90 Å². The number of hydrogen-bond acceptors (Lipinski definition) is 3. The third-order valence-electron chi connectivity index (χ3n) is 4.12. The molecule has 2 atom stereocenters. The molecule has 2 bridgehead atoms. The summed E-state index contributed by atoms with van der Waals surface area (Å²) in [6.45, 7) is 0.665. The smallest absolute Gasteiger partial charge is 0.261 e. The summed E-state index contributed by atoms with van der Waals surface area (Å²) in [6, 6.07) is 3.35. The van der Waals surface area contributed by atoms with E-state index in [0.29, 0.717) is 12.5 Å². The first-order valence-electron chi connectivity index (χ1n) is 6.41. The van der Waals surface area contributed by atoms with Gasteiger partial charge in [-0.05, 0) is 43.4 Å². The zero-order chi connectivity index (χ0) is 14.5. The Morgan fingerprint density at radius 1 is 1.35 bits per heavy atom. The van der Waals surface area contributed by atoms with Gasteiger partial charge in [-0.25, -0.2) is 12.8 Å². The number of amides is 1. The fourth-order valence-electron chi connectivity index (χ4n) is 3.15. The van der Waals surface area contributed by atoms with E-state index >= 15 is 0 Å². The van der Waals surface area contributed by atoms with Crippen LogP contribution >= 0.6 is 10.7 Å². The lowest BCUT2D eigenvalue weighted by molar-refractivity contribution is 0.0698. The fraction of sp³-hybridized carbons (Fsp3) is 0.462. The van der Waals surface area contributed by atoms with Gasteiger partial charge in [0.05, 0.1) is 10.5 Å². The molecule has 0 aromatic heterocycles. The summed E-state index contributed by atoms with van der Waals surface area (Å²) in [5, 5.41) is 0. The van der Waals surface area contributed by atoms with E-state index < -0.39 is 14.9 Å². The number of fused-ring (bicyclic) bond motifs is 2. The second-order valence-corrected chi connectivity index (χ2v) is 7.94. The molecule has 1 amide bonds. The van der Waals surface area contributed by atoms with E-state index in [1.54, 1.807) is 4.90 Å². The molecule has 1 aliphatic heterocycles. The molecule has 7 heteroatoms. The quantitative estimate of drug-likeness (QED) is 0.787. The van der Waals surface area contributed by atoms with Crippen molar-refractivity contribution < 1.29 is 17.6 Å². The molecule has 1 saturated heterocycles. The molecule has 4 nitrogen and oxygen atoms in total. The lowest BCUT2D eigenvalue weighted by Gasteiger charge is -2.27. The van der Waals surface area contributed by atoms with Crippen LogP contribution in [-0.2, 0) is 9.05 Å². The van der Waals surface area contributed by atoms with Crippen LogP contribution in [0.15, 0.2) is 23.1 Å². The van der Waals surface area contributed by atoms with Gasteiger partial charge in [-0.1, -0.05) is 0 Å². The van der Waals surface area contributed by atoms with Crippen LogP contribution in [0.25, 0.3) is 0 Å². The third kappa shape index (κ3) is 2.31. The van der Waals surface area contributed by atoms with Crippen molar-refractivity contribution in [1.29, 1.82) is 0 Å². The highest BCUT2D eigenvalue weighted by Gasteiger charge is 2.41. The summed E-state index contributed by atoms with van der Waals surface area (Å²) in [5.41, 5.74) is -0.0957. The molecule has 2 fully saturated rings. The zero-order valence-corrected chi connectivity index (χ0v) is 12.1. The lowest BCUT2D eigenvalue weighted by Crippen LogP contribution is -2.38. The Morgan fingerprint density at radius 2 is 2.10 bits per heavy atom.